The molecule has 7 heteroatoms. The predicted molar refractivity (Wildman–Crippen MR) is 128 cm³/mol. The molecule has 0 atom stereocenters. The predicted octanol–water partition coefficient (Wildman–Crippen LogP) is 2.86. The summed E-state index contributed by atoms with van der Waals surface area (Å²) >= 11 is 0. The smallest absolute Gasteiger partial charge is 0.222 e. The third kappa shape index (κ3) is 10.5. The topological polar surface area (TPSA) is 69.2 Å². The van der Waals surface area contributed by atoms with E-state index in [1.165, 1.54) is 6.42 Å². The number of ether oxygens (including phenoxy) is 1. The highest BCUT2D eigenvalue weighted by Crippen LogP contribution is 2.13. The van der Waals surface area contributed by atoms with Gasteiger partial charge in [-0.2, -0.15) is 0 Å². The zero-order valence-electron chi connectivity index (χ0n) is 19.7. The molecule has 0 unspecified atom stereocenters. The van der Waals surface area contributed by atoms with Crippen molar-refractivity contribution in [2.75, 3.05) is 53.4 Å². The van der Waals surface area contributed by atoms with Crippen molar-refractivity contribution in [3.8, 4) is 5.75 Å². The van der Waals surface area contributed by atoms with E-state index in [0.29, 0.717) is 18.9 Å². The number of hydrogen-bond donors (Lipinski definition) is 2. The van der Waals surface area contributed by atoms with E-state index in [4.69, 9.17) is 9.73 Å². The van der Waals surface area contributed by atoms with Crippen LogP contribution in [-0.2, 0) is 11.3 Å². The molecule has 0 saturated carbocycles. The highest BCUT2D eigenvalue weighted by Gasteiger charge is 2.15. The molecule has 1 aliphatic heterocycles. The zero-order valence-corrected chi connectivity index (χ0v) is 19.7. The van der Waals surface area contributed by atoms with Crippen molar-refractivity contribution in [2.45, 2.75) is 52.0 Å². The maximum atomic E-state index is 12.1. The molecule has 1 aromatic rings. The largest absolute Gasteiger partial charge is 0.494 e. The SMILES string of the molecule is CCNC(=NCc1ccc(OCCCN(C)C)cc1)NCCCN1CCCCCC1=O. The van der Waals surface area contributed by atoms with E-state index < -0.39 is 0 Å². The summed E-state index contributed by atoms with van der Waals surface area (Å²) in [4.78, 5) is 21.0. The number of carbonyl (C=O) groups is 1. The third-order valence-electron chi connectivity index (χ3n) is 5.27. The number of hydrogen-bond acceptors (Lipinski definition) is 4. The molecule has 7 nitrogen and oxygen atoms in total. The Hall–Kier alpha value is -2.28. The molecule has 174 valence electrons. The third-order valence-corrected chi connectivity index (χ3v) is 5.27. The molecular weight excluding hydrogens is 390 g/mol. The number of nitrogens with one attached hydrogen (secondary N) is 2. The molecule has 1 aliphatic rings. The fourth-order valence-corrected chi connectivity index (χ4v) is 3.53. The quantitative estimate of drug-likeness (QED) is 0.303. The van der Waals surface area contributed by atoms with Crippen molar-refractivity contribution < 1.29 is 9.53 Å². The summed E-state index contributed by atoms with van der Waals surface area (Å²) < 4.78 is 5.79. The van der Waals surface area contributed by atoms with Gasteiger partial charge in [-0.25, -0.2) is 4.99 Å². The molecule has 1 amide bonds. The first-order chi connectivity index (χ1) is 15.1. The van der Waals surface area contributed by atoms with Crippen LogP contribution in [0.25, 0.3) is 0 Å². The average molecular weight is 432 g/mol. The van der Waals surface area contributed by atoms with E-state index in [2.05, 4.69) is 48.7 Å². The van der Waals surface area contributed by atoms with Gasteiger partial charge in [-0.15, -0.1) is 0 Å². The minimum atomic E-state index is 0.309. The van der Waals surface area contributed by atoms with Crippen molar-refractivity contribution in [2.24, 2.45) is 4.99 Å². The fourth-order valence-electron chi connectivity index (χ4n) is 3.53. The van der Waals surface area contributed by atoms with Gasteiger partial charge in [0.25, 0.3) is 0 Å². The molecule has 2 rings (SSSR count). The summed E-state index contributed by atoms with van der Waals surface area (Å²) in [7, 11) is 4.14. The molecule has 0 aliphatic carbocycles. The molecule has 0 bridgehead atoms. The maximum absolute atomic E-state index is 12.1. The fraction of sp³-hybridized carbons (Fsp3) is 0.667. The van der Waals surface area contributed by atoms with Gasteiger partial charge in [0.15, 0.2) is 5.96 Å². The van der Waals surface area contributed by atoms with Crippen LogP contribution >= 0.6 is 0 Å². The number of likely N-dealkylation sites (tertiary alicyclic amines) is 1. The summed E-state index contributed by atoms with van der Waals surface area (Å²) in [6, 6.07) is 8.16. The minimum Gasteiger partial charge on any atom is -0.494 e. The van der Waals surface area contributed by atoms with Crippen molar-refractivity contribution in [1.82, 2.24) is 20.4 Å². The van der Waals surface area contributed by atoms with E-state index >= 15 is 0 Å². The Bertz CT molecular complexity index is 660. The van der Waals surface area contributed by atoms with Crippen molar-refractivity contribution in [1.29, 1.82) is 0 Å². The highest BCUT2D eigenvalue weighted by atomic mass is 16.5. The Morgan fingerprint density at radius 3 is 2.68 bits per heavy atom. The van der Waals surface area contributed by atoms with E-state index in [-0.39, 0.29) is 0 Å². The van der Waals surface area contributed by atoms with Gasteiger partial charge >= 0.3 is 0 Å². The number of carbonyl (C=O) groups excluding carboxylic acids is 1. The van der Waals surface area contributed by atoms with Crippen LogP contribution in [0.1, 0.15) is 51.0 Å². The Kier molecular flexibility index (Phi) is 11.8. The zero-order chi connectivity index (χ0) is 22.3. The standard InChI is InChI=1S/C24H41N5O2/c1-4-25-24(26-15-8-18-29-17-7-5-6-10-23(29)30)27-20-21-11-13-22(14-12-21)31-19-9-16-28(2)3/h11-14H,4-10,15-20H2,1-3H3,(H2,25,26,27). The van der Waals surface area contributed by atoms with Gasteiger partial charge < -0.3 is 25.2 Å². The van der Waals surface area contributed by atoms with Crippen LogP contribution in [0.2, 0.25) is 0 Å². The van der Waals surface area contributed by atoms with Crippen LogP contribution in [0.15, 0.2) is 29.3 Å². The summed E-state index contributed by atoms with van der Waals surface area (Å²) in [5, 5.41) is 6.68. The van der Waals surface area contributed by atoms with Gasteiger partial charge in [0, 0.05) is 39.1 Å². The summed E-state index contributed by atoms with van der Waals surface area (Å²) in [5.74, 6) is 2.02. The number of aliphatic imine (C=N–C) groups is 1. The Morgan fingerprint density at radius 2 is 1.94 bits per heavy atom. The van der Waals surface area contributed by atoms with Crippen LogP contribution in [0.5, 0.6) is 5.75 Å². The molecular formula is C24H41N5O2. The normalized spacial score (nSPS) is 15.2. The van der Waals surface area contributed by atoms with Gasteiger partial charge in [0.1, 0.15) is 5.75 Å². The van der Waals surface area contributed by atoms with Crippen LogP contribution in [0.4, 0.5) is 0 Å². The van der Waals surface area contributed by atoms with Gasteiger partial charge in [0.05, 0.1) is 13.2 Å². The van der Waals surface area contributed by atoms with E-state index in [0.717, 1.165) is 82.3 Å². The number of amides is 1. The number of guanidine groups is 1. The van der Waals surface area contributed by atoms with Crippen molar-refractivity contribution in [3.63, 3.8) is 0 Å². The molecule has 1 aromatic carbocycles. The first kappa shape index (κ1) is 25.0. The lowest BCUT2D eigenvalue weighted by Gasteiger charge is -2.20. The van der Waals surface area contributed by atoms with Gasteiger partial charge in [-0.3, -0.25) is 4.79 Å². The molecule has 0 spiro atoms. The lowest BCUT2D eigenvalue weighted by molar-refractivity contribution is -0.130. The number of rotatable bonds is 12. The first-order valence-corrected chi connectivity index (χ1v) is 11.7. The van der Waals surface area contributed by atoms with Crippen LogP contribution in [0, 0.1) is 0 Å². The van der Waals surface area contributed by atoms with Gasteiger partial charge in [-0.05, 0) is 64.4 Å². The van der Waals surface area contributed by atoms with E-state index in [1.807, 2.05) is 17.0 Å². The van der Waals surface area contributed by atoms with Crippen LogP contribution < -0.4 is 15.4 Å². The monoisotopic (exact) mass is 431 g/mol. The molecule has 31 heavy (non-hydrogen) atoms. The molecule has 2 N–H and O–H groups in total. The molecule has 0 radical (unpaired) electrons. The van der Waals surface area contributed by atoms with Gasteiger partial charge in [0.2, 0.25) is 5.91 Å². The molecule has 0 aromatic heterocycles. The Morgan fingerprint density at radius 1 is 1.13 bits per heavy atom. The highest BCUT2D eigenvalue weighted by molar-refractivity contribution is 5.79. The van der Waals surface area contributed by atoms with E-state index in [1.54, 1.807) is 0 Å². The summed E-state index contributed by atoms with van der Waals surface area (Å²) in [5.41, 5.74) is 1.15. The summed E-state index contributed by atoms with van der Waals surface area (Å²) in [6.07, 6.45) is 5.98. The average Bonchev–Trinajstić information content (AvgIpc) is 2.97. The second kappa shape index (κ2) is 14.7. The minimum absolute atomic E-state index is 0.309. The Balaban J connectivity index is 1.72. The van der Waals surface area contributed by atoms with Crippen LogP contribution in [-0.4, -0.2) is 75.1 Å². The van der Waals surface area contributed by atoms with Crippen LogP contribution in [0.3, 0.4) is 0 Å². The number of nitrogens with zero attached hydrogens (tertiary/aromatic N) is 3. The van der Waals surface area contributed by atoms with Gasteiger partial charge in [-0.1, -0.05) is 18.6 Å². The summed E-state index contributed by atoms with van der Waals surface area (Å²) in [6.45, 7) is 7.78. The Labute approximate surface area is 188 Å². The van der Waals surface area contributed by atoms with E-state index in [9.17, 15) is 4.79 Å². The number of benzene rings is 1. The second-order valence-electron chi connectivity index (χ2n) is 8.32. The maximum Gasteiger partial charge on any atom is 0.222 e. The van der Waals surface area contributed by atoms with Crippen molar-refractivity contribution in [3.05, 3.63) is 29.8 Å². The lowest BCUT2D eigenvalue weighted by atomic mass is 10.2. The second-order valence-corrected chi connectivity index (χ2v) is 8.32. The first-order valence-electron chi connectivity index (χ1n) is 11.7. The lowest BCUT2D eigenvalue weighted by Crippen LogP contribution is -2.39. The molecule has 1 fully saturated rings. The molecule has 1 saturated heterocycles. The van der Waals surface area contributed by atoms with Crippen molar-refractivity contribution >= 4 is 11.9 Å². The molecule has 1 heterocycles.